The standard InChI is InChI=1S/C15H20N4O4/c1-10-16-12-4-6-18(5-3-11(12)14(21)17(10)2)13(20)9-19-7-8-23-15(19)22/h3-9H2,1-2H3. The van der Waals surface area contributed by atoms with Gasteiger partial charge in [0.25, 0.3) is 5.56 Å². The summed E-state index contributed by atoms with van der Waals surface area (Å²) < 4.78 is 6.37. The van der Waals surface area contributed by atoms with Crippen LogP contribution in [0.25, 0.3) is 0 Å². The molecule has 0 spiro atoms. The summed E-state index contributed by atoms with van der Waals surface area (Å²) in [6, 6.07) is 0. The van der Waals surface area contributed by atoms with Crippen molar-refractivity contribution in [1.82, 2.24) is 19.4 Å². The van der Waals surface area contributed by atoms with Gasteiger partial charge in [-0.25, -0.2) is 9.78 Å². The summed E-state index contributed by atoms with van der Waals surface area (Å²) in [7, 11) is 1.71. The number of cyclic esters (lactones) is 1. The highest BCUT2D eigenvalue weighted by molar-refractivity contribution is 5.83. The number of carbonyl (C=O) groups is 2. The van der Waals surface area contributed by atoms with Crippen LogP contribution in [-0.4, -0.2) is 64.1 Å². The monoisotopic (exact) mass is 320 g/mol. The van der Waals surface area contributed by atoms with Gasteiger partial charge in [-0.1, -0.05) is 0 Å². The molecule has 1 fully saturated rings. The van der Waals surface area contributed by atoms with E-state index in [4.69, 9.17) is 4.74 Å². The van der Waals surface area contributed by atoms with E-state index in [9.17, 15) is 14.4 Å². The molecule has 0 radical (unpaired) electrons. The molecule has 0 N–H and O–H groups in total. The van der Waals surface area contributed by atoms with E-state index < -0.39 is 6.09 Å². The Morgan fingerprint density at radius 2 is 1.96 bits per heavy atom. The van der Waals surface area contributed by atoms with Gasteiger partial charge in [0.05, 0.1) is 12.2 Å². The van der Waals surface area contributed by atoms with Crippen LogP contribution in [0.5, 0.6) is 0 Å². The molecule has 0 saturated carbocycles. The molecule has 3 heterocycles. The van der Waals surface area contributed by atoms with Gasteiger partial charge in [0.2, 0.25) is 5.91 Å². The fraction of sp³-hybridized carbons (Fsp3) is 0.600. The van der Waals surface area contributed by atoms with Gasteiger partial charge in [0.15, 0.2) is 0 Å². The number of nitrogens with zero attached hydrogens (tertiary/aromatic N) is 4. The number of aromatic nitrogens is 2. The third kappa shape index (κ3) is 2.93. The van der Waals surface area contributed by atoms with Gasteiger partial charge in [-0.05, 0) is 13.3 Å². The topological polar surface area (TPSA) is 84.7 Å². The van der Waals surface area contributed by atoms with E-state index in [0.717, 1.165) is 5.69 Å². The highest BCUT2D eigenvalue weighted by Gasteiger charge is 2.28. The van der Waals surface area contributed by atoms with Crippen molar-refractivity contribution in [3.05, 3.63) is 27.4 Å². The Labute approximate surface area is 133 Å². The first kappa shape index (κ1) is 15.5. The Kier molecular flexibility index (Phi) is 4.06. The molecule has 8 nitrogen and oxygen atoms in total. The first-order valence-corrected chi connectivity index (χ1v) is 7.72. The van der Waals surface area contributed by atoms with Crippen LogP contribution in [0.3, 0.4) is 0 Å². The lowest BCUT2D eigenvalue weighted by atomic mass is 10.1. The molecule has 2 aliphatic heterocycles. The second kappa shape index (κ2) is 6.02. The molecule has 23 heavy (non-hydrogen) atoms. The van der Waals surface area contributed by atoms with E-state index in [1.54, 1.807) is 18.9 Å². The number of hydrogen-bond acceptors (Lipinski definition) is 5. The molecule has 1 aromatic heterocycles. The molecule has 1 saturated heterocycles. The van der Waals surface area contributed by atoms with Crippen molar-refractivity contribution in [3.8, 4) is 0 Å². The molecule has 3 rings (SSSR count). The summed E-state index contributed by atoms with van der Waals surface area (Å²) in [4.78, 5) is 43.8. The van der Waals surface area contributed by atoms with Crippen molar-refractivity contribution in [2.24, 2.45) is 7.05 Å². The summed E-state index contributed by atoms with van der Waals surface area (Å²) in [5.41, 5.74) is 1.43. The number of carbonyl (C=O) groups excluding carboxylic acids is 2. The van der Waals surface area contributed by atoms with E-state index in [2.05, 4.69) is 4.98 Å². The highest BCUT2D eigenvalue weighted by Crippen LogP contribution is 2.12. The van der Waals surface area contributed by atoms with Gasteiger partial charge in [0, 0.05) is 32.1 Å². The van der Waals surface area contributed by atoms with E-state index in [1.165, 1.54) is 9.47 Å². The van der Waals surface area contributed by atoms with Gasteiger partial charge in [-0.15, -0.1) is 0 Å². The van der Waals surface area contributed by atoms with Crippen LogP contribution in [0.2, 0.25) is 0 Å². The second-order valence-corrected chi connectivity index (χ2v) is 5.87. The van der Waals surface area contributed by atoms with Crippen LogP contribution in [-0.2, 0) is 29.4 Å². The SMILES string of the molecule is Cc1nc2c(c(=O)n1C)CCN(C(=O)CN1CCOC1=O)CC2. The Bertz CT molecular complexity index is 712. The Balaban J connectivity index is 1.72. The lowest BCUT2D eigenvalue weighted by Gasteiger charge is -2.22. The fourth-order valence-corrected chi connectivity index (χ4v) is 2.95. The molecule has 2 aliphatic rings. The number of hydrogen-bond donors (Lipinski definition) is 0. The van der Waals surface area contributed by atoms with Crippen molar-refractivity contribution >= 4 is 12.0 Å². The fourth-order valence-electron chi connectivity index (χ4n) is 2.95. The van der Waals surface area contributed by atoms with Crippen molar-refractivity contribution in [3.63, 3.8) is 0 Å². The summed E-state index contributed by atoms with van der Waals surface area (Å²) in [6.07, 6.45) is 0.607. The molecule has 2 amide bonds. The maximum absolute atomic E-state index is 12.4. The van der Waals surface area contributed by atoms with E-state index >= 15 is 0 Å². The molecular weight excluding hydrogens is 300 g/mol. The predicted octanol–water partition coefficient (Wildman–Crippen LogP) is -0.532. The number of aryl methyl sites for hydroxylation is 1. The number of amides is 2. The van der Waals surface area contributed by atoms with Gasteiger partial charge in [-0.3, -0.25) is 19.1 Å². The number of rotatable bonds is 2. The molecule has 1 aromatic rings. The Morgan fingerprint density at radius 3 is 2.65 bits per heavy atom. The minimum absolute atomic E-state index is 0.0274. The van der Waals surface area contributed by atoms with E-state index in [0.29, 0.717) is 50.5 Å². The van der Waals surface area contributed by atoms with Gasteiger partial charge in [0.1, 0.15) is 19.0 Å². The highest BCUT2D eigenvalue weighted by atomic mass is 16.6. The average Bonchev–Trinajstić information content (AvgIpc) is 2.80. The molecule has 124 valence electrons. The minimum Gasteiger partial charge on any atom is -0.448 e. The quantitative estimate of drug-likeness (QED) is 0.731. The lowest BCUT2D eigenvalue weighted by molar-refractivity contribution is -0.131. The Hall–Kier alpha value is -2.38. The van der Waals surface area contributed by atoms with Crippen molar-refractivity contribution < 1.29 is 14.3 Å². The normalized spacial score (nSPS) is 17.7. The lowest BCUT2D eigenvalue weighted by Crippen LogP contribution is -2.42. The van der Waals surface area contributed by atoms with Crippen molar-refractivity contribution in [1.29, 1.82) is 0 Å². The zero-order valence-electron chi connectivity index (χ0n) is 13.4. The summed E-state index contributed by atoms with van der Waals surface area (Å²) in [5, 5.41) is 0. The molecule has 8 heteroatoms. The smallest absolute Gasteiger partial charge is 0.410 e. The van der Waals surface area contributed by atoms with Crippen molar-refractivity contribution in [2.45, 2.75) is 19.8 Å². The maximum Gasteiger partial charge on any atom is 0.410 e. The molecule has 0 aliphatic carbocycles. The van der Waals surface area contributed by atoms with Crippen LogP contribution >= 0.6 is 0 Å². The van der Waals surface area contributed by atoms with Gasteiger partial charge < -0.3 is 9.64 Å². The second-order valence-electron chi connectivity index (χ2n) is 5.87. The third-order valence-corrected chi connectivity index (χ3v) is 4.47. The first-order chi connectivity index (χ1) is 11.0. The van der Waals surface area contributed by atoms with Crippen LogP contribution in [0.1, 0.15) is 17.1 Å². The minimum atomic E-state index is -0.442. The summed E-state index contributed by atoms with van der Waals surface area (Å²) >= 11 is 0. The van der Waals surface area contributed by atoms with Crippen LogP contribution < -0.4 is 5.56 Å². The number of fused-ring (bicyclic) bond motifs is 1. The zero-order chi connectivity index (χ0) is 16.6. The van der Waals surface area contributed by atoms with Crippen LogP contribution in [0, 0.1) is 6.92 Å². The van der Waals surface area contributed by atoms with E-state index in [1.807, 2.05) is 0 Å². The van der Waals surface area contributed by atoms with Crippen molar-refractivity contribution in [2.75, 3.05) is 32.8 Å². The van der Waals surface area contributed by atoms with E-state index in [-0.39, 0.29) is 18.0 Å². The predicted molar refractivity (Wildman–Crippen MR) is 81.1 cm³/mol. The molecule has 0 atom stereocenters. The third-order valence-electron chi connectivity index (χ3n) is 4.47. The first-order valence-electron chi connectivity index (χ1n) is 7.72. The largest absolute Gasteiger partial charge is 0.448 e. The zero-order valence-corrected chi connectivity index (χ0v) is 13.4. The average molecular weight is 320 g/mol. The maximum atomic E-state index is 12.4. The molecule has 0 aromatic carbocycles. The molecule has 0 unspecified atom stereocenters. The van der Waals surface area contributed by atoms with Gasteiger partial charge in [-0.2, -0.15) is 0 Å². The number of ether oxygens (including phenoxy) is 1. The Morgan fingerprint density at radius 1 is 1.22 bits per heavy atom. The molecular formula is C15H20N4O4. The molecule has 0 bridgehead atoms. The van der Waals surface area contributed by atoms with Gasteiger partial charge >= 0.3 is 6.09 Å². The van der Waals surface area contributed by atoms with Crippen LogP contribution in [0.4, 0.5) is 4.79 Å². The summed E-state index contributed by atoms with van der Waals surface area (Å²) in [6.45, 7) is 3.58. The van der Waals surface area contributed by atoms with Crippen LogP contribution in [0.15, 0.2) is 4.79 Å². The summed E-state index contributed by atoms with van der Waals surface area (Å²) in [5.74, 6) is 0.554.